The third kappa shape index (κ3) is 7.77. The molecule has 0 saturated heterocycles. The number of hydrogen-bond donors (Lipinski definition) is 1. The largest absolute Gasteiger partial charge is 0.315 e. The van der Waals surface area contributed by atoms with E-state index in [2.05, 4.69) is 58.7 Å². The molecule has 0 bridgehead atoms. The minimum Gasteiger partial charge on any atom is -0.315 e. The highest BCUT2D eigenvalue weighted by molar-refractivity contribution is 4.77. The Morgan fingerprint density at radius 3 is 1.82 bits per heavy atom. The molecule has 104 valence electrons. The molecule has 0 aliphatic heterocycles. The molecule has 0 aromatic rings. The van der Waals surface area contributed by atoms with Crippen molar-refractivity contribution in [1.82, 2.24) is 10.2 Å². The smallest absolute Gasteiger partial charge is 0.0243 e. The Balaban J connectivity index is 4.27. The Morgan fingerprint density at radius 2 is 1.47 bits per heavy atom. The molecule has 0 heterocycles. The quantitative estimate of drug-likeness (QED) is 0.668. The molecular weight excluding hydrogens is 208 g/mol. The highest BCUT2D eigenvalue weighted by atomic mass is 15.2. The molecule has 1 N–H and O–H groups in total. The molecule has 0 aromatic carbocycles. The molecule has 0 aromatic heterocycles. The van der Waals surface area contributed by atoms with E-state index >= 15 is 0 Å². The van der Waals surface area contributed by atoms with Crippen molar-refractivity contribution in [2.45, 2.75) is 54.5 Å². The minimum atomic E-state index is 0.668. The molecule has 0 spiro atoms. The molecule has 0 rings (SSSR count). The third-order valence-electron chi connectivity index (χ3n) is 3.15. The van der Waals surface area contributed by atoms with E-state index in [1.54, 1.807) is 0 Å². The molecule has 1 unspecified atom stereocenters. The maximum Gasteiger partial charge on any atom is 0.0243 e. The van der Waals surface area contributed by atoms with Gasteiger partial charge in [-0.15, -0.1) is 0 Å². The molecule has 2 nitrogen and oxygen atoms in total. The zero-order chi connectivity index (χ0) is 13.4. The predicted octanol–water partition coefficient (Wildman–Crippen LogP) is 3.23. The Hall–Kier alpha value is -0.0800. The second kappa shape index (κ2) is 8.93. The van der Waals surface area contributed by atoms with Gasteiger partial charge < -0.3 is 5.32 Å². The normalized spacial score (nSPS) is 14.3. The first kappa shape index (κ1) is 16.9. The van der Waals surface area contributed by atoms with Crippen LogP contribution in [0.2, 0.25) is 0 Å². The van der Waals surface area contributed by atoms with Crippen LogP contribution in [0, 0.1) is 17.8 Å². The molecule has 0 radical (unpaired) electrons. The number of hydrogen-bond acceptors (Lipinski definition) is 2. The summed E-state index contributed by atoms with van der Waals surface area (Å²) >= 11 is 0. The summed E-state index contributed by atoms with van der Waals surface area (Å²) in [7, 11) is 0. The molecule has 0 aliphatic rings. The summed E-state index contributed by atoms with van der Waals surface area (Å²) in [6, 6.07) is 0.668. The van der Waals surface area contributed by atoms with Crippen molar-refractivity contribution in [1.29, 1.82) is 0 Å². The van der Waals surface area contributed by atoms with E-state index in [1.165, 1.54) is 6.54 Å². The predicted molar refractivity (Wildman–Crippen MR) is 78.4 cm³/mol. The molecule has 0 aliphatic carbocycles. The van der Waals surface area contributed by atoms with Gasteiger partial charge >= 0.3 is 0 Å². The fourth-order valence-electron chi connectivity index (χ4n) is 2.27. The van der Waals surface area contributed by atoms with Crippen molar-refractivity contribution < 1.29 is 0 Å². The fourth-order valence-corrected chi connectivity index (χ4v) is 2.27. The van der Waals surface area contributed by atoms with Gasteiger partial charge in [-0.3, -0.25) is 4.90 Å². The lowest BCUT2D eigenvalue weighted by Gasteiger charge is -2.35. The first-order chi connectivity index (χ1) is 7.88. The standard InChI is InChI=1S/C15H34N2/c1-8-17(11-13(4)5)15(14(6)7)10-16-9-12(2)3/h12-16H,8-11H2,1-7H3. The van der Waals surface area contributed by atoms with E-state index in [0.29, 0.717) is 12.0 Å². The van der Waals surface area contributed by atoms with Crippen LogP contribution in [0.1, 0.15) is 48.5 Å². The van der Waals surface area contributed by atoms with Crippen molar-refractivity contribution in [3.8, 4) is 0 Å². The van der Waals surface area contributed by atoms with Crippen LogP contribution in [0.4, 0.5) is 0 Å². The summed E-state index contributed by atoms with van der Waals surface area (Å²) < 4.78 is 0. The van der Waals surface area contributed by atoms with Crippen molar-refractivity contribution in [2.24, 2.45) is 17.8 Å². The van der Waals surface area contributed by atoms with Crippen molar-refractivity contribution in [3.05, 3.63) is 0 Å². The maximum atomic E-state index is 3.61. The van der Waals surface area contributed by atoms with Gasteiger partial charge in [-0.2, -0.15) is 0 Å². The number of rotatable bonds is 9. The lowest BCUT2D eigenvalue weighted by atomic mass is 10.0. The zero-order valence-corrected chi connectivity index (χ0v) is 13.1. The van der Waals surface area contributed by atoms with Crippen LogP contribution in [0.25, 0.3) is 0 Å². The Labute approximate surface area is 109 Å². The molecule has 0 fully saturated rings. The van der Waals surface area contributed by atoms with Gasteiger partial charge in [0, 0.05) is 19.1 Å². The summed E-state index contributed by atoms with van der Waals surface area (Å²) in [4.78, 5) is 2.63. The van der Waals surface area contributed by atoms with Crippen LogP contribution in [-0.2, 0) is 0 Å². The summed E-state index contributed by atoms with van der Waals surface area (Å²) in [5.74, 6) is 2.21. The van der Waals surface area contributed by atoms with Crippen LogP contribution in [-0.4, -0.2) is 37.1 Å². The zero-order valence-electron chi connectivity index (χ0n) is 13.1. The van der Waals surface area contributed by atoms with E-state index in [4.69, 9.17) is 0 Å². The Bertz CT molecular complexity index is 176. The van der Waals surface area contributed by atoms with Crippen LogP contribution >= 0.6 is 0 Å². The van der Waals surface area contributed by atoms with Crippen molar-refractivity contribution >= 4 is 0 Å². The summed E-state index contributed by atoms with van der Waals surface area (Å²) in [6.07, 6.45) is 0. The van der Waals surface area contributed by atoms with Crippen LogP contribution in [0.3, 0.4) is 0 Å². The molecule has 0 saturated carbocycles. The van der Waals surface area contributed by atoms with Gasteiger partial charge in [0.25, 0.3) is 0 Å². The monoisotopic (exact) mass is 242 g/mol. The second-order valence-corrected chi connectivity index (χ2v) is 6.34. The minimum absolute atomic E-state index is 0.668. The first-order valence-electron chi connectivity index (χ1n) is 7.33. The van der Waals surface area contributed by atoms with E-state index in [-0.39, 0.29) is 0 Å². The van der Waals surface area contributed by atoms with E-state index in [9.17, 15) is 0 Å². The van der Waals surface area contributed by atoms with Gasteiger partial charge in [0.05, 0.1) is 0 Å². The van der Waals surface area contributed by atoms with Crippen molar-refractivity contribution in [3.63, 3.8) is 0 Å². The fraction of sp³-hybridized carbons (Fsp3) is 1.00. The maximum absolute atomic E-state index is 3.61. The van der Waals surface area contributed by atoms with E-state index in [0.717, 1.165) is 31.5 Å². The second-order valence-electron chi connectivity index (χ2n) is 6.34. The SMILES string of the molecule is CCN(CC(C)C)C(CNCC(C)C)C(C)C. The Morgan fingerprint density at radius 1 is 0.882 bits per heavy atom. The van der Waals surface area contributed by atoms with Gasteiger partial charge in [-0.1, -0.05) is 48.5 Å². The van der Waals surface area contributed by atoms with Gasteiger partial charge in [-0.05, 0) is 30.8 Å². The van der Waals surface area contributed by atoms with E-state index in [1.807, 2.05) is 0 Å². The van der Waals surface area contributed by atoms with E-state index < -0.39 is 0 Å². The summed E-state index contributed by atoms with van der Waals surface area (Å²) in [5, 5.41) is 3.61. The third-order valence-corrected chi connectivity index (χ3v) is 3.15. The van der Waals surface area contributed by atoms with Gasteiger partial charge in [-0.25, -0.2) is 0 Å². The lowest BCUT2D eigenvalue weighted by Crippen LogP contribution is -2.47. The average molecular weight is 242 g/mol. The lowest BCUT2D eigenvalue weighted by molar-refractivity contribution is 0.142. The molecule has 17 heavy (non-hydrogen) atoms. The van der Waals surface area contributed by atoms with Crippen LogP contribution in [0.15, 0.2) is 0 Å². The van der Waals surface area contributed by atoms with Crippen LogP contribution in [0.5, 0.6) is 0 Å². The highest BCUT2D eigenvalue weighted by Gasteiger charge is 2.20. The summed E-state index contributed by atoms with van der Waals surface area (Å²) in [6.45, 7) is 20.7. The number of nitrogens with zero attached hydrogens (tertiary/aromatic N) is 1. The summed E-state index contributed by atoms with van der Waals surface area (Å²) in [5.41, 5.74) is 0. The number of nitrogens with one attached hydrogen (secondary N) is 1. The Kier molecular flexibility index (Phi) is 8.89. The number of likely N-dealkylation sites (N-methyl/N-ethyl adjacent to an activating group) is 1. The molecule has 2 heteroatoms. The molecule has 1 atom stereocenters. The van der Waals surface area contributed by atoms with Gasteiger partial charge in [0.15, 0.2) is 0 Å². The van der Waals surface area contributed by atoms with Gasteiger partial charge in [0.1, 0.15) is 0 Å². The molecule has 0 amide bonds. The molecular formula is C15H34N2. The average Bonchev–Trinajstić information content (AvgIpc) is 2.20. The van der Waals surface area contributed by atoms with Crippen LogP contribution < -0.4 is 5.32 Å². The first-order valence-corrected chi connectivity index (χ1v) is 7.33. The topological polar surface area (TPSA) is 15.3 Å². The van der Waals surface area contributed by atoms with Crippen molar-refractivity contribution in [2.75, 3.05) is 26.2 Å². The van der Waals surface area contributed by atoms with Gasteiger partial charge in [0.2, 0.25) is 0 Å². The highest BCUT2D eigenvalue weighted by Crippen LogP contribution is 2.12.